The second-order valence-electron chi connectivity index (χ2n) is 10.1. The molecule has 0 unspecified atom stereocenters. The molecule has 1 heterocycles. The zero-order valence-electron chi connectivity index (χ0n) is 22.2. The highest BCUT2D eigenvalue weighted by Gasteiger charge is 2.32. The van der Waals surface area contributed by atoms with E-state index in [1.165, 1.54) is 4.90 Å². The predicted molar refractivity (Wildman–Crippen MR) is 159 cm³/mol. The third kappa shape index (κ3) is 4.67. The fourth-order valence-electron chi connectivity index (χ4n) is 5.33. The van der Waals surface area contributed by atoms with Crippen molar-refractivity contribution in [2.75, 3.05) is 18.0 Å². The molecule has 0 fully saturated rings. The fourth-order valence-corrected chi connectivity index (χ4v) is 5.33. The number of hydrogen-bond donors (Lipinski definition) is 0. The summed E-state index contributed by atoms with van der Waals surface area (Å²) in [6.45, 7) is 2.57. The molecular weight excluding hydrogens is 496 g/mol. The lowest BCUT2D eigenvalue weighted by molar-refractivity contribution is 0.0610. The van der Waals surface area contributed by atoms with Crippen molar-refractivity contribution in [2.24, 2.45) is 0 Å². The zero-order chi connectivity index (χ0) is 27.6. The van der Waals surface area contributed by atoms with Gasteiger partial charge in [0.05, 0.1) is 0 Å². The smallest absolute Gasteiger partial charge is 0.261 e. The first-order chi connectivity index (χ1) is 19.5. The summed E-state index contributed by atoms with van der Waals surface area (Å²) in [4.78, 5) is 43.4. The SMILES string of the molecule is Cc1ccc(N(CCCN2C(=O)c3cccc4cccc(c34)C2=O)C(=O)c2ccc(-c3ccccc3)cc2)cc1. The molecule has 0 spiro atoms. The van der Waals surface area contributed by atoms with Gasteiger partial charge >= 0.3 is 0 Å². The maximum absolute atomic E-state index is 13.8. The van der Waals surface area contributed by atoms with E-state index < -0.39 is 0 Å². The van der Waals surface area contributed by atoms with E-state index in [2.05, 4.69) is 0 Å². The molecule has 0 aromatic heterocycles. The van der Waals surface area contributed by atoms with Crippen LogP contribution in [-0.2, 0) is 0 Å². The van der Waals surface area contributed by atoms with Crippen LogP contribution >= 0.6 is 0 Å². The van der Waals surface area contributed by atoms with Crippen molar-refractivity contribution >= 4 is 34.2 Å². The molecule has 0 atom stereocenters. The van der Waals surface area contributed by atoms with Crippen molar-refractivity contribution in [3.63, 3.8) is 0 Å². The average Bonchev–Trinajstić information content (AvgIpc) is 3.00. The molecular formula is C35H28N2O3. The van der Waals surface area contributed by atoms with E-state index in [-0.39, 0.29) is 24.3 Å². The molecule has 5 aromatic carbocycles. The van der Waals surface area contributed by atoms with Crippen LogP contribution in [0, 0.1) is 6.92 Å². The van der Waals surface area contributed by atoms with E-state index in [1.807, 2.05) is 110 Å². The van der Waals surface area contributed by atoms with Crippen LogP contribution in [0.15, 0.2) is 115 Å². The van der Waals surface area contributed by atoms with E-state index in [1.54, 1.807) is 17.0 Å². The van der Waals surface area contributed by atoms with Crippen molar-refractivity contribution < 1.29 is 14.4 Å². The summed E-state index contributed by atoms with van der Waals surface area (Å²) >= 11 is 0. The first kappa shape index (κ1) is 25.3. The van der Waals surface area contributed by atoms with Crippen molar-refractivity contribution in [1.82, 2.24) is 4.90 Å². The molecule has 0 N–H and O–H groups in total. The number of amides is 3. The second kappa shape index (κ2) is 10.6. The third-order valence-electron chi connectivity index (χ3n) is 7.45. The summed E-state index contributed by atoms with van der Waals surface area (Å²) in [5.41, 5.74) is 5.65. The summed E-state index contributed by atoms with van der Waals surface area (Å²) in [5, 5.41) is 1.59. The summed E-state index contributed by atoms with van der Waals surface area (Å²) in [6, 6.07) is 36.5. The Hall–Kier alpha value is -5.03. The first-order valence-corrected chi connectivity index (χ1v) is 13.4. The van der Waals surface area contributed by atoms with Gasteiger partial charge in [0.2, 0.25) is 0 Å². The number of rotatable bonds is 7. The van der Waals surface area contributed by atoms with Gasteiger partial charge in [-0.3, -0.25) is 19.3 Å². The number of carbonyl (C=O) groups excluding carboxylic acids is 3. The van der Waals surface area contributed by atoms with Gasteiger partial charge in [-0.15, -0.1) is 0 Å². The lowest BCUT2D eigenvalue weighted by Crippen LogP contribution is -2.42. The largest absolute Gasteiger partial charge is 0.308 e. The van der Waals surface area contributed by atoms with Gasteiger partial charge in [0.25, 0.3) is 17.7 Å². The van der Waals surface area contributed by atoms with Crippen LogP contribution < -0.4 is 4.90 Å². The number of nitrogens with zero attached hydrogens (tertiary/aromatic N) is 2. The highest BCUT2D eigenvalue weighted by atomic mass is 16.2. The molecule has 0 radical (unpaired) electrons. The van der Waals surface area contributed by atoms with Crippen LogP contribution in [0.1, 0.15) is 43.1 Å². The lowest BCUT2D eigenvalue weighted by atomic mass is 9.94. The summed E-state index contributed by atoms with van der Waals surface area (Å²) < 4.78 is 0. The van der Waals surface area contributed by atoms with Gasteiger partial charge in [-0.05, 0) is 66.3 Å². The maximum atomic E-state index is 13.8. The number of benzene rings is 5. The minimum atomic E-state index is -0.293. The number of aryl methyl sites for hydroxylation is 1. The van der Waals surface area contributed by atoms with Gasteiger partial charge in [0.1, 0.15) is 0 Å². The second-order valence-corrected chi connectivity index (χ2v) is 10.1. The fraction of sp³-hybridized carbons (Fsp3) is 0.114. The summed E-state index contributed by atoms with van der Waals surface area (Å²) in [6.07, 6.45) is 0.442. The molecule has 0 saturated heterocycles. The molecule has 6 rings (SSSR count). The quantitative estimate of drug-likeness (QED) is 0.213. The molecule has 1 aliphatic heterocycles. The van der Waals surface area contributed by atoms with Gasteiger partial charge in [-0.25, -0.2) is 0 Å². The Balaban J connectivity index is 1.23. The molecule has 0 saturated carbocycles. The van der Waals surface area contributed by atoms with Crippen LogP contribution in [0.5, 0.6) is 0 Å². The normalized spacial score (nSPS) is 12.6. The van der Waals surface area contributed by atoms with Crippen LogP contribution in [-0.4, -0.2) is 35.7 Å². The summed E-state index contributed by atoms with van der Waals surface area (Å²) in [7, 11) is 0. The molecule has 1 aliphatic rings. The Kier molecular flexibility index (Phi) is 6.71. The van der Waals surface area contributed by atoms with Crippen LogP contribution in [0.3, 0.4) is 0 Å². The van der Waals surface area contributed by atoms with Gasteiger partial charge in [0, 0.05) is 40.9 Å². The predicted octanol–water partition coefficient (Wildman–Crippen LogP) is 7.15. The van der Waals surface area contributed by atoms with Crippen molar-refractivity contribution in [3.8, 4) is 11.1 Å². The number of hydrogen-bond acceptors (Lipinski definition) is 3. The molecule has 5 heteroatoms. The van der Waals surface area contributed by atoms with Crippen molar-refractivity contribution in [2.45, 2.75) is 13.3 Å². The van der Waals surface area contributed by atoms with Crippen LogP contribution in [0.4, 0.5) is 5.69 Å². The average molecular weight is 525 g/mol. The van der Waals surface area contributed by atoms with Gasteiger partial charge < -0.3 is 4.90 Å². The van der Waals surface area contributed by atoms with E-state index in [0.717, 1.165) is 27.8 Å². The zero-order valence-corrected chi connectivity index (χ0v) is 22.2. The number of anilines is 1. The first-order valence-electron chi connectivity index (χ1n) is 13.4. The molecule has 0 bridgehead atoms. The van der Waals surface area contributed by atoms with E-state index in [9.17, 15) is 14.4 Å². The standard InChI is InChI=1S/C35H28N2O3/c1-24-14-20-29(21-15-24)36(33(38)28-18-16-26(17-19-28)25-8-3-2-4-9-25)22-7-23-37-34(39)30-12-5-10-27-11-6-13-31(32(27)30)35(37)40/h2-6,8-21H,7,22-23H2,1H3. The van der Waals surface area contributed by atoms with Crippen molar-refractivity contribution in [1.29, 1.82) is 0 Å². The van der Waals surface area contributed by atoms with E-state index in [0.29, 0.717) is 35.0 Å². The van der Waals surface area contributed by atoms with Gasteiger partial charge in [-0.1, -0.05) is 84.4 Å². The van der Waals surface area contributed by atoms with E-state index in [4.69, 9.17) is 0 Å². The maximum Gasteiger partial charge on any atom is 0.261 e. The Bertz CT molecular complexity index is 1670. The van der Waals surface area contributed by atoms with Crippen molar-refractivity contribution in [3.05, 3.63) is 138 Å². The van der Waals surface area contributed by atoms with Gasteiger partial charge in [-0.2, -0.15) is 0 Å². The molecule has 3 amide bonds. The Labute approximate surface area is 233 Å². The minimum absolute atomic E-state index is 0.130. The molecule has 196 valence electrons. The monoisotopic (exact) mass is 524 g/mol. The molecule has 5 aromatic rings. The molecule has 5 nitrogen and oxygen atoms in total. The highest BCUT2D eigenvalue weighted by molar-refractivity contribution is 6.25. The lowest BCUT2D eigenvalue weighted by Gasteiger charge is -2.29. The van der Waals surface area contributed by atoms with Gasteiger partial charge in [0.15, 0.2) is 0 Å². The van der Waals surface area contributed by atoms with Crippen LogP contribution in [0.2, 0.25) is 0 Å². The van der Waals surface area contributed by atoms with Crippen LogP contribution in [0.25, 0.3) is 21.9 Å². The Morgan fingerprint density at radius 2 is 1.27 bits per heavy atom. The van der Waals surface area contributed by atoms with E-state index >= 15 is 0 Å². The number of imide groups is 1. The topological polar surface area (TPSA) is 57.7 Å². The molecule has 40 heavy (non-hydrogen) atoms. The highest BCUT2D eigenvalue weighted by Crippen LogP contribution is 2.30. The number of carbonyl (C=O) groups is 3. The Morgan fingerprint density at radius 3 is 1.90 bits per heavy atom. The summed E-state index contributed by atoms with van der Waals surface area (Å²) in [5.74, 6) is -0.715. The minimum Gasteiger partial charge on any atom is -0.308 e. The Morgan fingerprint density at radius 1 is 0.675 bits per heavy atom. The molecule has 0 aliphatic carbocycles. The third-order valence-corrected chi connectivity index (χ3v) is 7.45.